The van der Waals surface area contributed by atoms with Gasteiger partial charge < -0.3 is 10.2 Å². The van der Waals surface area contributed by atoms with Gasteiger partial charge in [0.15, 0.2) is 0 Å². The minimum Gasteiger partial charge on any atom is -0.335 e. The molecule has 3 atom stereocenters. The normalized spacial score (nSPS) is 27.7. The molecule has 3 rings (SSSR count). The zero-order valence-electron chi connectivity index (χ0n) is 14.7. The van der Waals surface area contributed by atoms with Gasteiger partial charge in [-0.15, -0.1) is 0 Å². The SMILES string of the molecule is CC(C)[C@@H]1CC[C@@H](C)C[C@H]1NC(=O)N1CCc2ccccc2C1. The highest BCUT2D eigenvalue weighted by Gasteiger charge is 2.33. The van der Waals surface area contributed by atoms with Gasteiger partial charge in [-0.05, 0) is 48.1 Å². The first-order chi connectivity index (χ1) is 11.0. The summed E-state index contributed by atoms with van der Waals surface area (Å²) in [6.45, 7) is 8.47. The average molecular weight is 314 g/mol. The number of benzene rings is 1. The molecule has 1 aromatic carbocycles. The minimum atomic E-state index is 0.129. The molecule has 1 aromatic rings. The number of urea groups is 1. The first kappa shape index (κ1) is 16.4. The summed E-state index contributed by atoms with van der Waals surface area (Å²) in [7, 11) is 0. The molecule has 1 N–H and O–H groups in total. The maximum atomic E-state index is 12.8. The smallest absolute Gasteiger partial charge is 0.317 e. The van der Waals surface area contributed by atoms with Gasteiger partial charge in [0, 0.05) is 19.1 Å². The summed E-state index contributed by atoms with van der Waals surface area (Å²) in [5, 5.41) is 3.37. The van der Waals surface area contributed by atoms with Gasteiger partial charge in [0.2, 0.25) is 0 Å². The second-order valence-electron chi connectivity index (χ2n) is 7.82. The second kappa shape index (κ2) is 6.94. The number of rotatable bonds is 2. The Morgan fingerprint density at radius 3 is 2.70 bits per heavy atom. The number of nitrogens with zero attached hydrogens (tertiary/aromatic N) is 1. The monoisotopic (exact) mass is 314 g/mol. The highest BCUT2D eigenvalue weighted by molar-refractivity contribution is 5.75. The van der Waals surface area contributed by atoms with Crippen LogP contribution in [-0.4, -0.2) is 23.5 Å². The molecule has 126 valence electrons. The van der Waals surface area contributed by atoms with E-state index in [2.05, 4.69) is 50.4 Å². The van der Waals surface area contributed by atoms with Crippen LogP contribution in [0.2, 0.25) is 0 Å². The molecule has 0 aromatic heterocycles. The lowest BCUT2D eigenvalue weighted by Gasteiger charge is -2.39. The number of carbonyl (C=O) groups is 1. The van der Waals surface area contributed by atoms with Gasteiger partial charge in [-0.25, -0.2) is 4.79 Å². The van der Waals surface area contributed by atoms with E-state index in [0.29, 0.717) is 17.9 Å². The maximum Gasteiger partial charge on any atom is 0.317 e. The van der Waals surface area contributed by atoms with Crippen LogP contribution in [0.25, 0.3) is 0 Å². The predicted molar refractivity (Wildman–Crippen MR) is 94.2 cm³/mol. The maximum absolute atomic E-state index is 12.8. The lowest BCUT2D eigenvalue weighted by molar-refractivity contribution is 0.148. The van der Waals surface area contributed by atoms with Crippen LogP contribution in [0.5, 0.6) is 0 Å². The van der Waals surface area contributed by atoms with E-state index < -0.39 is 0 Å². The Hall–Kier alpha value is -1.51. The summed E-state index contributed by atoms with van der Waals surface area (Å²) in [6, 6.07) is 8.95. The standard InChI is InChI=1S/C20H30N2O/c1-14(2)18-9-8-15(3)12-19(18)21-20(23)22-11-10-16-6-4-5-7-17(16)13-22/h4-7,14-15,18-19H,8-13H2,1-3H3,(H,21,23)/t15-,18+,19-/m1/s1. The van der Waals surface area contributed by atoms with Crippen molar-refractivity contribution in [2.75, 3.05) is 6.54 Å². The van der Waals surface area contributed by atoms with Crippen LogP contribution in [-0.2, 0) is 13.0 Å². The van der Waals surface area contributed by atoms with Crippen LogP contribution in [0.4, 0.5) is 4.79 Å². The number of hydrogen-bond donors (Lipinski definition) is 1. The summed E-state index contributed by atoms with van der Waals surface area (Å²) < 4.78 is 0. The molecule has 0 spiro atoms. The third-order valence-corrected chi connectivity index (χ3v) is 5.75. The zero-order chi connectivity index (χ0) is 16.4. The van der Waals surface area contributed by atoms with Gasteiger partial charge in [0.1, 0.15) is 0 Å². The molecule has 23 heavy (non-hydrogen) atoms. The lowest BCUT2D eigenvalue weighted by atomic mass is 9.74. The predicted octanol–water partition coefficient (Wildman–Crippen LogP) is 4.22. The van der Waals surface area contributed by atoms with Crippen LogP contribution in [0.3, 0.4) is 0 Å². The van der Waals surface area contributed by atoms with Gasteiger partial charge in [-0.3, -0.25) is 0 Å². The Labute approximate surface area is 140 Å². The lowest BCUT2D eigenvalue weighted by Crippen LogP contribution is -2.51. The van der Waals surface area contributed by atoms with Crippen molar-refractivity contribution in [1.29, 1.82) is 0 Å². The number of fused-ring (bicyclic) bond motifs is 1. The van der Waals surface area contributed by atoms with Crippen molar-refractivity contribution in [2.24, 2.45) is 17.8 Å². The molecule has 1 saturated carbocycles. The second-order valence-corrected chi connectivity index (χ2v) is 7.82. The van der Waals surface area contributed by atoms with E-state index in [4.69, 9.17) is 0 Å². The number of carbonyl (C=O) groups excluding carboxylic acids is 1. The first-order valence-corrected chi connectivity index (χ1v) is 9.17. The summed E-state index contributed by atoms with van der Waals surface area (Å²) in [4.78, 5) is 14.8. The van der Waals surface area contributed by atoms with Crippen molar-refractivity contribution in [3.63, 3.8) is 0 Å². The third-order valence-electron chi connectivity index (χ3n) is 5.75. The molecule has 1 heterocycles. The Kier molecular flexibility index (Phi) is 4.93. The fourth-order valence-electron chi connectivity index (χ4n) is 4.29. The van der Waals surface area contributed by atoms with E-state index in [1.807, 2.05) is 4.90 Å². The van der Waals surface area contributed by atoms with Gasteiger partial charge >= 0.3 is 6.03 Å². The van der Waals surface area contributed by atoms with Crippen LogP contribution in [0.1, 0.15) is 51.2 Å². The van der Waals surface area contributed by atoms with Crippen molar-refractivity contribution in [1.82, 2.24) is 10.2 Å². The van der Waals surface area contributed by atoms with Gasteiger partial charge in [-0.2, -0.15) is 0 Å². The number of hydrogen-bond acceptors (Lipinski definition) is 1. The summed E-state index contributed by atoms with van der Waals surface area (Å²) in [5.74, 6) is 1.97. The van der Waals surface area contributed by atoms with Gasteiger partial charge in [-0.1, -0.05) is 51.5 Å². The summed E-state index contributed by atoms with van der Waals surface area (Å²) in [6.07, 6.45) is 4.64. The van der Waals surface area contributed by atoms with Gasteiger partial charge in [0.25, 0.3) is 0 Å². The number of amides is 2. The minimum absolute atomic E-state index is 0.129. The quantitative estimate of drug-likeness (QED) is 0.871. The fraction of sp³-hybridized carbons (Fsp3) is 0.650. The molecule has 0 bridgehead atoms. The van der Waals surface area contributed by atoms with Crippen molar-refractivity contribution in [2.45, 2.75) is 59.0 Å². The van der Waals surface area contributed by atoms with E-state index >= 15 is 0 Å². The Bertz CT molecular complexity index is 554. The van der Waals surface area contributed by atoms with E-state index in [9.17, 15) is 4.79 Å². The largest absolute Gasteiger partial charge is 0.335 e. The fourth-order valence-corrected chi connectivity index (χ4v) is 4.29. The summed E-state index contributed by atoms with van der Waals surface area (Å²) >= 11 is 0. The Balaban J connectivity index is 1.64. The molecule has 3 heteroatoms. The molecule has 3 nitrogen and oxygen atoms in total. The van der Waals surface area contributed by atoms with E-state index in [1.54, 1.807) is 0 Å². The van der Waals surface area contributed by atoms with E-state index in [-0.39, 0.29) is 6.03 Å². The average Bonchev–Trinajstić information content (AvgIpc) is 2.54. The van der Waals surface area contributed by atoms with Crippen molar-refractivity contribution < 1.29 is 4.79 Å². The number of nitrogens with one attached hydrogen (secondary N) is 1. The molecule has 2 aliphatic rings. The highest BCUT2D eigenvalue weighted by Crippen LogP contribution is 2.33. The van der Waals surface area contributed by atoms with E-state index in [1.165, 1.54) is 24.0 Å². The molecule has 0 radical (unpaired) electrons. The van der Waals surface area contributed by atoms with Crippen LogP contribution >= 0.6 is 0 Å². The van der Waals surface area contributed by atoms with Crippen LogP contribution in [0, 0.1) is 17.8 Å². The van der Waals surface area contributed by atoms with Crippen molar-refractivity contribution in [3.05, 3.63) is 35.4 Å². The molecule has 2 amide bonds. The molecule has 0 unspecified atom stereocenters. The third kappa shape index (κ3) is 3.70. The topological polar surface area (TPSA) is 32.3 Å². The van der Waals surface area contributed by atoms with Gasteiger partial charge in [0.05, 0.1) is 0 Å². The molecule has 1 aliphatic carbocycles. The Morgan fingerprint density at radius 2 is 1.96 bits per heavy atom. The van der Waals surface area contributed by atoms with Crippen LogP contribution in [0.15, 0.2) is 24.3 Å². The zero-order valence-corrected chi connectivity index (χ0v) is 14.7. The van der Waals surface area contributed by atoms with Crippen molar-refractivity contribution >= 4 is 6.03 Å². The van der Waals surface area contributed by atoms with Crippen LogP contribution < -0.4 is 5.32 Å². The molecular formula is C20H30N2O. The Morgan fingerprint density at radius 1 is 1.22 bits per heavy atom. The molecule has 1 fully saturated rings. The van der Waals surface area contributed by atoms with Crippen molar-refractivity contribution in [3.8, 4) is 0 Å². The molecule has 0 saturated heterocycles. The highest BCUT2D eigenvalue weighted by atomic mass is 16.2. The molecular weight excluding hydrogens is 284 g/mol. The first-order valence-electron chi connectivity index (χ1n) is 9.17. The molecule has 1 aliphatic heterocycles. The summed E-state index contributed by atoms with van der Waals surface area (Å²) in [5.41, 5.74) is 2.69. The van der Waals surface area contributed by atoms with E-state index in [0.717, 1.165) is 31.8 Å².